The number of piperidine rings is 2. The molecule has 2 aliphatic heterocycles. The average molecular weight is 210 g/mol. The highest BCUT2D eigenvalue weighted by Gasteiger charge is 2.36. The third-order valence-electron chi connectivity index (χ3n) is 4.14. The number of rotatable bonds is 1. The first-order valence-corrected chi connectivity index (χ1v) is 6.24. The molecular weight excluding hydrogens is 188 g/mol. The molecule has 0 unspecified atom stereocenters. The summed E-state index contributed by atoms with van der Waals surface area (Å²) in [5, 5.41) is 3.42. The minimum atomic E-state index is 0.332. The third-order valence-corrected chi connectivity index (χ3v) is 4.14. The van der Waals surface area contributed by atoms with Crippen molar-refractivity contribution in [2.45, 2.75) is 39.0 Å². The number of nitrogens with zero attached hydrogens (tertiary/aromatic N) is 1. The molecule has 0 aromatic rings. The second-order valence-electron chi connectivity index (χ2n) is 4.98. The molecule has 3 nitrogen and oxygen atoms in total. The van der Waals surface area contributed by atoms with E-state index in [0.29, 0.717) is 17.7 Å². The molecule has 2 aliphatic rings. The van der Waals surface area contributed by atoms with Gasteiger partial charge in [0, 0.05) is 19.5 Å². The van der Waals surface area contributed by atoms with Crippen LogP contribution < -0.4 is 5.32 Å². The predicted octanol–water partition coefficient (Wildman–Crippen LogP) is 1.39. The van der Waals surface area contributed by atoms with Gasteiger partial charge in [-0.25, -0.2) is 0 Å². The van der Waals surface area contributed by atoms with E-state index < -0.39 is 0 Å². The standard InChI is InChI=1S/C12H22N2O/c1-2-11(15)14-9-5-12(6-10-14)3-7-13-8-4-12/h13H,2-10H2,1H3. The van der Waals surface area contributed by atoms with Crippen molar-refractivity contribution in [3.05, 3.63) is 0 Å². The van der Waals surface area contributed by atoms with Gasteiger partial charge in [0.1, 0.15) is 0 Å². The zero-order chi connectivity index (χ0) is 10.7. The third kappa shape index (κ3) is 2.33. The van der Waals surface area contributed by atoms with Crippen molar-refractivity contribution >= 4 is 5.91 Å². The Bertz CT molecular complexity index is 224. The fourth-order valence-corrected chi connectivity index (χ4v) is 2.91. The highest BCUT2D eigenvalue weighted by molar-refractivity contribution is 5.75. The quantitative estimate of drug-likeness (QED) is 0.709. The second kappa shape index (κ2) is 4.52. The summed E-state index contributed by atoms with van der Waals surface area (Å²) >= 11 is 0. The molecule has 1 amide bonds. The van der Waals surface area contributed by atoms with E-state index >= 15 is 0 Å². The van der Waals surface area contributed by atoms with E-state index in [4.69, 9.17) is 0 Å². The Balaban J connectivity index is 1.88. The van der Waals surface area contributed by atoms with E-state index in [1.54, 1.807) is 0 Å². The van der Waals surface area contributed by atoms with Gasteiger partial charge in [0.25, 0.3) is 0 Å². The van der Waals surface area contributed by atoms with Crippen LogP contribution in [0.2, 0.25) is 0 Å². The van der Waals surface area contributed by atoms with Crippen molar-refractivity contribution in [3.8, 4) is 0 Å². The van der Waals surface area contributed by atoms with Gasteiger partial charge in [-0.2, -0.15) is 0 Å². The number of hydrogen-bond acceptors (Lipinski definition) is 2. The first-order chi connectivity index (χ1) is 7.26. The van der Waals surface area contributed by atoms with Crippen molar-refractivity contribution in [2.24, 2.45) is 5.41 Å². The summed E-state index contributed by atoms with van der Waals surface area (Å²) in [7, 11) is 0. The molecule has 1 N–H and O–H groups in total. The maximum Gasteiger partial charge on any atom is 0.222 e. The molecule has 2 rings (SSSR count). The number of carbonyl (C=O) groups is 1. The molecule has 0 aliphatic carbocycles. The van der Waals surface area contributed by atoms with Gasteiger partial charge in [-0.05, 0) is 44.2 Å². The summed E-state index contributed by atoms with van der Waals surface area (Å²) in [6.07, 6.45) is 5.72. The Morgan fingerprint density at radius 3 is 2.33 bits per heavy atom. The van der Waals surface area contributed by atoms with E-state index in [1.165, 1.54) is 38.8 Å². The molecule has 0 saturated carbocycles. The summed E-state index contributed by atoms with van der Waals surface area (Å²) in [5.74, 6) is 0.332. The van der Waals surface area contributed by atoms with Crippen LogP contribution in [0.4, 0.5) is 0 Å². The molecule has 2 fully saturated rings. The van der Waals surface area contributed by atoms with Crippen LogP contribution in [0.3, 0.4) is 0 Å². The Morgan fingerprint density at radius 1 is 1.20 bits per heavy atom. The molecule has 0 bridgehead atoms. The molecule has 3 heteroatoms. The average Bonchev–Trinajstić information content (AvgIpc) is 2.30. The van der Waals surface area contributed by atoms with Gasteiger partial charge in [0.05, 0.1) is 0 Å². The van der Waals surface area contributed by atoms with Crippen LogP contribution in [0.5, 0.6) is 0 Å². The van der Waals surface area contributed by atoms with E-state index in [0.717, 1.165) is 13.1 Å². The summed E-state index contributed by atoms with van der Waals surface area (Å²) < 4.78 is 0. The van der Waals surface area contributed by atoms with Crippen LogP contribution in [0.15, 0.2) is 0 Å². The normalized spacial score (nSPS) is 25.5. The lowest BCUT2D eigenvalue weighted by atomic mass is 9.71. The second-order valence-corrected chi connectivity index (χ2v) is 4.98. The molecule has 0 aromatic carbocycles. The molecule has 86 valence electrons. The highest BCUT2D eigenvalue weighted by atomic mass is 16.2. The monoisotopic (exact) mass is 210 g/mol. The molecule has 0 aromatic heterocycles. The topological polar surface area (TPSA) is 32.3 Å². The van der Waals surface area contributed by atoms with Crippen LogP contribution in [-0.4, -0.2) is 37.0 Å². The van der Waals surface area contributed by atoms with E-state index in [-0.39, 0.29) is 0 Å². The van der Waals surface area contributed by atoms with Crippen molar-refractivity contribution in [3.63, 3.8) is 0 Å². The summed E-state index contributed by atoms with van der Waals surface area (Å²) in [6.45, 7) is 6.28. The molecular formula is C12H22N2O. The number of amides is 1. The molecule has 0 atom stereocenters. The van der Waals surface area contributed by atoms with Gasteiger partial charge >= 0.3 is 0 Å². The fraction of sp³-hybridized carbons (Fsp3) is 0.917. The Morgan fingerprint density at radius 2 is 1.80 bits per heavy atom. The fourth-order valence-electron chi connectivity index (χ4n) is 2.91. The highest BCUT2D eigenvalue weighted by Crippen LogP contribution is 2.39. The number of nitrogens with one attached hydrogen (secondary N) is 1. The summed E-state index contributed by atoms with van der Waals surface area (Å²) in [6, 6.07) is 0. The Labute approximate surface area is 92.2 Å². The molecule has 2 saturated heterocycles. The summed E-state index contributed by atoms with van der Waals surface area (Å²) in [5.41, 5.74) is 0.565. The van der Waals surface area contributed by atoms with Crippen LogP contribution in [0.25, 0.3) is 0 Å². The number of hydrogen-bond donors (Lipinski definition) is 1. The Kier molecular flexibility index (Phi) is 3.29. The summed E-state index contributed by atoms with van der Waals surface area (Å²) in [4.78, 5) is 13.6. The van der Waals surface area contributed by atoms with Gasteiger partial charge in [0.15, 0.2) is 0 Å². The van der Waals surface area contributed by atoms with Gasteiger partial charge in [-0.1, -0.05) is 6.92 Å². The van der Waals surface area contributed by atoms with Crippen molar-refractivity contribution in [1.29, 1.82) is 0 Å². The largest absolute Gasteiger partial charge is 0.343 e. The van der Waals surface area contributed by atoms with Gasteiger partial charge in [-0.3, -0.25) is 4.79 Å². The van der Waals surface area contributed by atoms with Crippen LogP contribution >= 0.6 is 0 Å². The molecule has 2 heterocycles. The minimum Gasteiger partial charge on any atom is -0.343 e. The SMILES string of the molecule is CCC(=O)N1CCC2(CCNCC2)CC1. The van der Waals surface area contributed by atoms with E-state index in [1.807, 2.05) is 11.8 Å². The Hall–Kier alpha value is -0.570. The van der Waals surface area contributed by atoms with Gasteiger partial charge < -0.3 is 10.2 Å². The van der Waals surface area contributed by atoms with Crippen molar-refractivity contribution in [1.82, 2.24) is 10.2 Å². The maximum absolute atomic E-state index is 11.6. The number of likely N-dealkylation sites (tertiary alicyclic amines) is 1. The molecule has 1 spiro atoms. The van der Waals surface area contributed by atoms with Crippen LogP contribution in [0, 0.1) is 5.41 Å². The maximum atomic E-state index is 11.6. The minimum absolute atomic E-state index is 0.332. The van der Waals surface area contributed by atoms with E-state index in [2.05, 4.69) is 5.32 Å². The van der Waals surface area contributed by atoms with Crippen molar-refractivity contribution in [2.75, 3.05) is 26.2 Å². The van der Waals surface area contributed by atoms with Gasteiger partial charge in [0.2, 0.25) is 5.91 Å². The van der Waals surface area contributed by atoms with Crippen molar-refractivity contribution < 1.29 is 4.79 Å². The predicted molar refractivity (Wildman–Crippen MR) is 60.6 cm³/mol. The van der Waals surface area contributed by atoms with Crippen LogP contribution in [0.1, 0.15) is 39.0 Å². The lowest BCUT2D eigenvalue weighted by Gasteiger charge is -2.44. The number of carbonyl (C=O) groups excluding carboxylic acids is 1. The first-order valence-electron chi connectivity index (χ1n) is 6.24. The first kappa shape index (κ1) is 10.9. The van der Waals surface area contributed by atoms with Gasteiger partial charge in [-0.15, -0.1) is 0 Å². The van der Waals surface area contributed by atoms with E-state index in [9.17, 15) is 4.79 Å². The zero-order valence-electron chi connectivity index (χ0n) is 9.72. The lowest BCUT2D eigenvalue weighted by molar-refractivity contribution is -0.133. The lowest BCUT2D eigenvalue weighted by Crippen LogP contribution is -2.47. The molecule has 0 radical (unpaired) electrons. The smallest absolute Gasteiger partial charge is 0.222 e. The molecule has 15 heavy (non-hydrogen) atoms. The zero-order valence-corrected chi connectivity index (χ0v) is 9.72. The van der Waals surface area contributed by atoms with Crippen LogP contribution in [-0.2, 0) is 4.79 Å².